The zero-order valence-electron chi connectivity index (χ0n) is 8.38. The Morgan fingerprint density at radius 3 is 1.92 bits per heavy atom. The van der Waals surface area contributed by atoms with Gasteiger partial charge in [0.15, 0.2) is 0 Å². The van der Waals surface area contributed by atoms with E-state index in [9.17, 15) is 4.79 Å². The van der Waals surface area contributed by atoms with Crippen molar-refractivity contribution in [2.75, 3.05) is 14.1 Å². The van der Waals surface area contributed by atoms with Gasteiger partial charge in [0, 0.05) is 0 Å². The topological polar surface area (TPSA) is 46.3 Å². The highest BCUT2D eigenvalue weighted by molar-refractivity contribution is 5.85. The monoisotopic (exact) mass is 206 g/mol. The molecule has 0 atom stereocenters. The Morgan fingerprint density at radius 2 is 1.69 bits per heavy atom. The van der Waals surface area contributed by atoms with Crippen LogP contribution in [0, 0.1) is 0 Å². The SMILES string of the molecule is CN(C)C1(C(N)=O)CCCCC1.Cl. The molecule has 0 aromatic heterocycles. The van der Waals surface area contributed by atoms with E-state index in [1.807, 2.05) is 19.0 Å². The van der Waals surface area contributed by atoms with Gasteiger partial charge in [-0.25, -0.2) is 0 Å². The first-order chi connectivity index (χ1) is 5.59. The van der Waals surface area contributed by atoms with Crippen molar-refractivity contribution < 1.29 is 4.79 Å². The van der Waals surface area contributed by atoms with Crippen molar-refractivity contribution in [3.8, 4) is 0 Å². The molecule has 0 radical (unpaired) electrons. The maximum Gasteiger partial charge on any atom is 0.237 e. The van der Waals surface area contributed by atoms with E-state index in [4.69, 9.17) is 5.73 Å². The second-order valence-electron chi connectivity index (χ2n) is 3.85. The van der Waals surface area contributed by atoms with Crippen LogP contribution in [0.1, 0.15) is 32.1 Å². The predicted octanol–water partition coefficient (Wildman–Crippen LogP) is 1.16. The number of hydrogen-bond acceptors (Lipinski definition) is 2. The molecule has 1 fully saturated rings. The van der Waals surface area contributed by atoms with Crippen LogP contribution < -0.4 is 5.73 Å². The number of amides is 1. The molecule has 0 aliphatic heterocycles. The molecule has 0 aromatic rings. The fraction of sp³-hybridized carbons (Fsp3) is 0.889. The van der Waals surface area contributed by atoms with Crippen LogP contribution in [0.15, 0.2) is 0 Å². The fourth-order valence-electron chi connectivity index (χ4n) is 2.05. The van der Waals surface area contributed by atoms with Crippen LogP contribution >= 0.6 is 12.4 Å². The van der Waals surface area contributed by atoms with Crippen LogP contribution in [0.3, 0.4) is 0 Å². The summed E-state index contributed by atoms with van der Waals surface area (Å²) in [4.78, 5) is 13.3. The maximum absolute atomic E-state index is 11.3. The summed E-state index contributed by atoms with van der Waals surface area (Å²) in [6.07, 6.45) is 5.34. The molecular weight excluding hydrogens is 188 g/mol. The van der Waals surface area contributed by atoms with E-state index in [1.165, 1.54) is 6.42 Å². The summed E-state index contributed by atoms with van der Waals surface area (Å²) < 4.78 is 0. The van der Waals surface area contributed by atoms with Crippen molar-refractivity contribution >= 4 is 18.3 Å². The first kappa shape index (κ1) is 12.7. The highest BCUT2D eigenvalue weighted by Gasteiger charge is 2.39. The van der Waals surface area contributed by atoms with Crippen molar-refractivity contribution in [3.05, 3.63) is 0 Å². The summed E-state index contributed by atoms with van der Waals surface area (Å²) >= 11 is 0. The normalized spacial score (nSPS) is 20.8. The summed E-state index contributed by atoms with van der Waals surface area (Å²) in [7, 11) is 3.88. The molecule has 1 rings (SSSR count). The third-order valence-corrected chi connectivity index (χ3v) is 3.00. The van der Waals surface area contributed by atoms with Crippen LogP contribution in [0.5, 0.6) is 0 Å². The van der Waals surface area contributed by atoms with Gasteiger partial charge in [0.05, 0.1) is 5.54 Å². The lowest BCUT2D eigenvalue weighted by Gasteiger charge is -2.39. The third-order valence-electron chi connectivity index (χ3n) is 3.00. The maximum atomic E-state index is 11.3. The highest BCUT2D eigenvalue weighted by atomic mass is 35.5. The van der Waals surface area contributed by atoms with E-state index in [1.54, 1.807) is 0 Å². The molecule has 2 N–H and O–H groups in total. The van der Waals surface area contributed by atoms with Gasteiger partial charge >= 0.3 is 0 Å². The van der Waals surface area contributed by atoms with Crippen LogP contribution in [-0.4, -0.2) is 30.4 Å². The van der Waals surface area contributed by atoms with Crippen LogP contribution in [0.4, 0.5) is 0 Å². The average Bonchev–Trinajstić information content (AvgIpc) is 2.05. The molecule has 1 amide bonds. The van der Waals surface area contributed by atoms with Crippen molar-refractivity contribution in [3.63, 3.8) is 0 Å². The average molecular weight is 207 g/mol. The number of primary amides is 1. The minimum absolute atomic E-state index is 0. The fourth-order valence-corrected chi connectivity index (χ4v) is 2.05. The van der Waals surface area contributed by atoms with Gasteiger partial charge < -0.3 is 5.73 Å². The van der Waals surface area contributed by atoms with E-state index in [2.05, 4.69) is 0 Å². The number of halogens is 1. The van der Waals surface area contributed by atoms with E-state index in [0.29, 0.717) is 0 Å². The Bertz CT molecular complexity index is 176. The number of carbonyl (C=O) groups excluding carboxylic acids is 1. The molecule has 1 saturated carbocycles. The lowest BCUT2D eigenvalue weighted by molar-refractivity contribution is -0.130. The molecule has 0 unspecified atom stereocenters. The lowest BCUT2D eigenvalue weighted by Crippen LogP contribution is -2.55. The molecule has 3 nitrogen and oxygen atoms in total. The van der Waals surface area contributed by atoms with E-state index in [-0.39, 0.29) is 23.9 Å². The van der Waals surface area contributed by atoms with Crippen LogP contribution in [0.25, 0.3) is 0 Å². The van der Waals surface area contributed by atoms with Crippen molar-refractivity contribution in [1.29, 1.82) is 0 Å². The van der Waals surface area contributed by atoms with Crippen molar-refractivity contribution in [2.45, 2.75) is 37.6 Å². The number of rotatable bonds is 2. The zero-order chi connectivity index (χ0) is 9.19. The molecule has 4 heteroatoms. The van der Waals surface area contributed by atoms with Crippen LogP contribution in [0.2, 0.25) is 0 Å². The Labute approximate surface area is 86.1 Å². The second-order valence-corrected chi connectivity index (χ2v) is 3.85. The predicted molar refractivity (Wildman–Crippen MR) is 55.9 cm³/mol. The number of likely N-dealkylation sites (N-methyl/N-ethyl adjacent to an activating group) is 1. The summed E-state index contributed by atoms with van der Waals surface area (Å²) in [5.74, 6) is -0.160. The molecule has 0 aromatic carbocycles. The first-order valence-electron chi connectivity index (χ1n) is 4.57. The molecule has 13 heavy (non-hydrogen) atoms. The lowest BCUT2D eigenvalue weighted by atomic mass is 9.80. The Hall–Kier alpha value is -0.280. The van der Waals surface area contributed by atoms with Crippen LogP contribution in [-0.2, 0) is 4.79 Å². The summed E-state index contributed by atoms with van der Waals surface area (Å²) in [5, 5.41) is 0. The zero-order valence-corrected chi connectivity index (χ0v) is 9.19. The van der Waals surface area contributed by atoms with Gasteiger partial charge in [0.25, 0.3) is 0 Å². The highest BCUT2D eigenvalue weighted by Crippen LogP contribution is 2.31. The number of nitrogens with two attached hydrogens (primary N) is 1. The van der Waals surface area contributed by atoms with Gasteiger partial charge in [0.1, 0.15) is 0 Å². The van der Waals surface area contributed by atoms with E-state index < -0.39 is 0 Å². The number of nitrogens with zero attached hydrogens (tertiary/aromatic N) is 1. The van der Waals surface area contributed by atoms with Gasteiger partial charge in [-0.05, 0) is 26.9 Å². The molecule has 78 valence electrons. The molecule has 0 bridgehead atoms. The molecule has 1 aliphatic rings. The molecule has 1 aliphatic carbocycles. The summed E-state index contributed by atoms with van der Waals surface area (Å²) in [5.41, 5.74) is 5.07. The second kappa shape index (κ2) is 4.82. The minimum atomic E-state index is -0.349. The minimum Gasteiger partial charge on any atom is -0.368 e. The Morgan fingerprint density at radius 1 is 1.23 bits per heavy atom. The van der Waals surface area contributed by atoms with E-state index >= 15 is 0 Å². The summed E-state index contributed by atoms with van der Waals surface area (Å²) in [6, 6.07) is 0. The van der Waals surface area contributed by atoms with Gasteiger partial charge in [0.2, 0.25) is 5.91 Å². The third kappa shape index (κ3) is 2.35. The van der Waals surface area contributed by atoms with Gasteiger partial charge in [-0.1, -0.05) is 19.3 Å². The number of hydrogen-bond donors (Lipinski definition) is 1. The largest absolute Gasteiger partial charge is 0.368 e. The Kier molecular flexibility index (Phi) is 4.71. The molecule has 0 spiro atoms. The standard InChI is InChI=1S/C9H18N2O.ClH/c1-11(2)9(8(10)12)6-4-3-5-7-9;/h3-7H2,1-2H3,(H2,10,12);1H. The quantitative estimate of drug-likeness (QED) is 0.737. The molecular formula is C9H19ClN2O. The Balaban J connectivity index is 0.00000144. The van der Waals surface area contributed by atoms with Gasteiger partial charge in [-0.3, -0.25) is 9.69 Å². The van der Waals surface area contributed by atoms with Crippen molar-refractivity contribution in [1.82, 2.24) is 4.90 Å². The van der Waals surface area contributed by atoms with E-state index in [0.717, 1.165) is 25.7 Å². The van der Waals surface area contributed by atoms with Gasteiger partial charge in [-0.2, -0.15) is 0 Å². The molecule has 0 heterocycles. The number of carbonyl (C=O) groups is 1. The summed E-state index contributed by atoms with van der Waals surface area (Å²) in [6.45, 7) is 0. The van der Waals surface area contributed by atoms with Gasteiger partial charge in [-0.15, -0.1) is 12.4 Å². The first-order valence-corrected chi connectivity index (χ1v) is 4.57. The molecule has 0 saturated heterocycles. The van der Waals surface area contributed by atoms with Crippen molar-refractivity contribution in [2.24, 2.45) is 5.73 Å². The smallest absolute Gasteiger partial charge is 0.237 e.